The number of halogens is 6. The summed E-state index contributed by atoms with van der Waals surface area (Å²) in [5.41, 5.74) is -2.19. The molecule has 7 rings (SSSR count). The van der Waals surface area contributed by atoms with Gasteiger partial charge >= 0.3 is 12.4 Å². The van der Waals surface area contributed by atoms with Gasteiger partial charge in [0.05, 0.1) is 37.5 Å². The highest BCUT2D eigenvalue weighted by atomic mass is 19.4. The smallest absolute Gasteiger partial charge is 0.381 e. The van der Waals surface area contributed by atoms with Crippen molar-refractivity contribution >= 4 is 70.9 Å². The zero-order chi connectivity index (χ0) is 78.1. The molecule has 588 valence electrons. The predicted octanol–water partition coefficient (Wildman–Crippen LogP) is 5.29. The maximum atomic E-state index is 15.6. The highest BCUT2D eigenvalue weighted by Gasteiger charge is 2.59. The molecule has 3 unspecified atom stereocenters. The monoisotopic (exact) mass is 1490 g/mol. The molecule has 4 saturated carbocycles. The summed E-state index contributed by atoms with van der Waals surface area (Å²) in [6, 6.07) is -11.0. The molecule has 7 aliphatic rings. The van der Waals surface area contributed by atoms with E-state index in [1.54, 1.807) is 26.0 Å². The Morgan fingerprint density at radius 3 is 1.87 bits per heavy atom. The van der Waals surface area contributed by atoms with Crippen LogP contribution in [0.25, 0.3) is 0 Å². The van der Waals surface area contributed by atoms with Crippen molar-refractivity contribution in [3.8, 4) is 12.3 Å². The van der Waals surface area contributed by atoms with Crippen LogP contribution in [-0.2, 0) is 62.3 Å². The molecule has 0 aromatic rings. The van der Waals surface area contributed by atoms with E-state index in [1.807, 2.05) is 13.8 Å². The first-order valence-electron chi connectivity index (χ1n) is 37.2. The number of amides is 12. The van der Waals surface area contributed by atoms with Crippen molar-refractivity contribution in [3.05, 3.63) is 12.2 Å². The maximum absolute atomic E-state index is 15.6. The van der Waals surface area contributed by atoms with Crippen molar-refractivity contribution in [1.29, 1.82) is 0 Å². The van der Waals surface area contributed by atoms with E-state index in [1.165, 1.54) is 83.1 Å². The molecule has 6 fully saturated rings. The molecule has 25 nitrogen and oxygen atoms in total. The number of hydrogen-bond acceptors (Lipinski definition) is 13. The number of fused-ring (bicyclic) bond motifs is 3. The van der Waals surface area contributed by atoms with Crippen LogP contribution < -0.4 is 16.0 Å². The van der Waals surface area contributed by atoms with Gasteiger partial charge in [0.2, 0.25) is 70.9 Å². The van der Waals surface area contributed by atoms with Crippen molar-refractivity contribution in [1.82, 2.24) is 60.0 Å². The van der Waals surface area contributed by atoms with Crippen molar-refractivity contribution in [2.45, 2.75) is 241 Å². The van der Waals surface area contributed by atoms with Crippen LogP contribution in [-0.4, -0.2) is 277 Å². The van der Waals surface area contributed by atoms with Gasteiger partial charge in [0.1, 0.15) is 53.9 Å². The normalized spacial score (nSPS) is 31.4. The number of terminal acetylenes is 1. The third kappa shape index (κ3) is 20.2. The molecule has 12 atom stereocenters. The minimum atomic E-state index is -4.55. The summed E-state index contributed by atoms with van der Waals surface area (Å²) in [7, 11) is 12.1. The molecule has 31 heteroatoms. The quantitative estimate of drug-likeness (QED) is 0.135. The van der Waals surface area contributed by atoms with Gasteiger partial charge in [0.15, 0.2) is 0 Å². The molecule has 12 amide bonds. The second-order valence-corrected chi connectivity index (χ2v) is 31.8. The molecule has 0 radical (unpaired) electrons. The van der Waals surface area contributed by atoms with Gasteiger partial charge in [-0.05, 0) is 138 Å². The van der Waals surface area contributed by atoms with Crippen LogP contribution in [0.5, 0.6) is 0 Å². The van der Waals surface area contributed by atoms with Gasteiger partial charge in [-0.2, -0.15) is 26.3 Å². The number of hydrogen-bond donors (Lipinski definition) is 3. The summed E-state index contributed by atoms with van der Waals surface area (Å²) in [5, 5.41) is 8.50. The van der Waals surface area contributed by atoms with Crippen LogP contribution in [0.2, 0.25) is 0 Å². The molecule has 3 heterocycles. The second-order valence-electron chi connectivity index (χ2n) is 31.8. The first-order valence-corrected chi connectivity index (χ1v) is 37.2. The number of alkyl halides is 6. The third-order valence-corrected chi connectivity index (χ3v) is 23.6. The van der Waals surface area contributed by atoms with Crippen LogP contribution >= 0.6 is 0 Å². The SMILES string of the molecule is C#CC[C@H]1C(=O)N[C@@H]([C@@H](C)CC)C(=O)N(C)CC(=O)N(C)[C@H]2C/C=C\CCN(C2=O)[C@@H](CC2CCC(C(F)(F)F)CC2)C(=O)N(C)CC(=O)N[C@@H](CCC2CCC(C(F)(F)F)C(OC)C2)C(=O)N2CC[C@H]2C(=O)NC2(CC(C)(C)C2)C(=O)N(C)[C@@H](C2CCCC2)C(=O)N(C)[C@H](C(=O)N(C)C)CC(=O)N1C. The van der Waals surface area contributed by atoms with Crippen LogP contribution in [0.3, 0.4) is 0 Å². The van der Waals surface area contributed by atoms with Crippen LogP contribution in [0.1, 0.15) is 169 Å². The van der Waals surface area contributed by atoms with Crippen molar-refractivity contribution < 1.29 is 88.6 Å². The fourth-order valence-electron chi connectivity index (χ4n) is 17.1. The van der Waals surface area contributed by atoms with Crippen molar-refractivity contribution in [2.24, 2.45) is 40.9 Å². The van der Waals surface area contributed by atoms with Gasteiger partial charge < -0.3 is 64.8 Å². The summed E-state index contributed by atoms with van der Waals surface area (Å²) in [6.07, 6.45) is 0.200. The zero-order valence-corrected chi connectivity index (χ0v) is 63.4. The Balaban J connectivity index is 1.30. The van der Waals surface area contributed by atoms with E-state index in [0.717, 1.165) is 24.5 Å². The first kappa shape index (κ1) is 84.7. The number of methoxy groups -OCH3 is 1. The standard InChI is InChI=1S/C74H112F6N12O13/c1-15-22-51-62(96)82-60(44(3)16-2)68(102)86(9)41-59(95)88(11)53-25-18-17-21-35-91(67(53)101)55(37-45-26-30-48(31-27-45)73(75,76)77)66(100)85(8)40-57(93)81-50(33-29-46-28-32-49(74(78,79)80)56(38-46)105-14)64(98)92-36-34-52(92)63(97)83-72(42-71(4,5)43-72)70(104)90(13)61(47-23-19-20-24-47)69(103)89(12)54(65(99)84(6)7)39-58(94)87(51)10/h1,17-18,44-56,60-61H,16,19-43H2,2-14H3,(H,81,93)(H,82,96)(H,83,97)/b18-17-/t44-,45?,46?,48?,49?,50-,51-,52-,53-,54-,55-,56?,60-,61-/m0/s1. The van der Waals surface area contributed by atoms with Gasteiger partial charge in [0, 0.05) is 83.0 Å². The fourth-order valence-corrected chi connectivity index (χ4v) is 17.1. The number of ether oxygens (including phenoxy) is 1. The van der Waals surface area contributed by atoms with Crippen molar-refractivity contribution in [3.63, 3.8) is 0 Å². The fraction of sp³-hybridized carbons (Fsp3) is 0.784. The summed E-state index contributed by atoms with van der Waals surface area (Å²) >= 11 is 0. The topological polar surface area (TPSA) is 279 Å². The Morgan fingerprint density at radius 1 is 0.676 bits per heavy atom. The molecule has 2 bridgehead atoms. The summed E-state index contributed by atoms with van der Waals surface area (Å²) in [4.78, 5) is 190. The van der Waals surface area contributed by atoms with E-state index in [0.29, 0.717) is 32.1 Å². The largest absolute Gasteiger partial charge is 0.394 e. The predicted molar refractivity (Wildman–Crippen MR) is 374 cm³/mol. The number of nitrogens with zero attached hydrogens (tertiary/aromatic N) is 9. The van der Waals surface area contributed by atoms with E-state index in [2.05, 4.69) is 21.9 Å². The molecular formula is C74H112F6N12O13. The lowest BCUT2D eigenvalue weighted by Gasteiger charge is -2.55. The molecule has 0 aromatic heterocycles. The Labute approximate surface area is 613 Å². The number of carbonyl (C=O) groups excluding carboxylic acids is 12. The average Bonchev–Trinajstić information content (AvgIpc) is 0.899. The number of carbonyl (C=O) groups is 12. The molecular weight excluding hydrogens is 1380 g/mol. The van der Waals surface area contributed by atoms with Crippen molar-refractivity contribution in [2.75, 3.05) is 89.7 Å². The Hall–Kier alpha value is -7.52. The van der Waals surface area contributed by atoms with Gasteiger partial charge in [0.25, 0.3) is 0 Å². The van der Waals surface area contributed by atoms with E-state index in [4.69, 9.17) is 11.2 Å². The van der Waals surface area contributed by atoms with Gasteiger partial charge in [-0.15, -0.1) is 12.3 Å². The second kappa shape index (κ2) is 35.5. The van der Waals surface area contributed by atoms with Gasteiger partial charge in [-0.25, -0.2) is 0 Å². The Morgan fingerprint density at radius 2 is 1.30 bits per heavy atom. The number of likely N-dealkylation sites (N-methyl/N-ethyl adjacent to an activating group) is 7. The molecule has 3 N–H and O–H groups in total. The molecule has 3 aliphatic heterocycles. The lowest BCUT2D eigenvalue weighted by Crippen LogP contribution is -2.73. The minimum absolute atomic E-state index is 0.00906. The lowest BCUT2D eigenvalue weighted by molar-refractivity contribution is -0.215. The third-order valence-electron chi connectivity index (χ3n) is 23.6. The van der Waals surface area contributed by atoms with E-state index in [9.17, 15) is 59.9 Å². The Kier molecular flexibility index (Phi) is 28.6. The highest BCUT2D eigenvalue weighted by molar-refractivity contribution is 6.01. The van der Waals surface area contributed by atoms with E-state index in [-0.39, 0.29) is 116 Å². The van der Waals surface area contributed by atoms with Gasteiger partial charge in [-0.3, -0.25) is 57.5 Å². The van der Waals surface area contributed by atoms with Gasteiger partial charge in [-0.1, -0.05) is 59.1 Å². The van der Waals surface area contributed by atoms with E-state index < -0.39 is 204 Å². The highest BCUT2D eigenvalue weighted by Crippen LogP contribution is 2.50. The molecule has 1 spiro atoms. The van der Waals surface area contributed by atoms with Crippen LogP contribution in [0.4, 0.5) is 26.3 Å². The van der Waals surface area contributed by atoms with E-state index >= 15 is 24.0 Å². The van der Waals surface area contributed by atoms with Crippen LogP contribution in [0, 0.1) is 53.3 Å². The summed E-state index contributed by atoms with van der Waals surface area (Å²) < 4.78 is 90.3. The first-order chi connectivity index (χ1) is 49.1. The minimum Gasteiger partial charge on any atom is -0.381 e. The molecule has 105 heavy (non-hydrogen) atoms. The number of rotatable bonds is 11. The maximum Gasteiger partial charge on any atom is 0.394 e. The Bertz CT molecular complexity index is 3250. The zero-order valence-electron chi connectivity index (χ0n) is 63.4. The molecule has 2 saturated heterocycles. The number of nitrogens with one attached hydrogen (secondary N) is 3. The average molecular weight is 1490 g/mol. The lowest BCUT2D eigenvalue weighted by atomic mass is 9.58. The summed E-state index contributed by atoms with van der Waals surface area (Å²) in [6.45, 7) is 5.69. The van der Waals surface area contributed by atoms with Crippen LogP contribution in [0.15, 0.2) is 12.2 Å². The molecule has 4 aliphatic carbocycles. The summed E-state index contributed by atoms with van der Waals surface area (Å²) in [5.74, 6) is -12.0. The molecule has 0 aromatic carbocycles.